The number of carbonyl (C=O) groups excluding carboxylic acids is 1. The van der Waals surface area contributed by atoms with Gasteiger partial charge in [0.25, 0.3) is 5.91 Å². The highest BCUT2D eigenvalue weighted by Gasteiger charge is 2.25. The normalized spacial score (nSPS) is 11.7. The minimum atomic E-state index is -3.77. The van der Waals surface area contributed by atoms with E-state index in [1.54, 1.807) is 0 Å². The first-order chi connectivity index (χ1) is 10.0. The number of sulfone groups is 1. The molecule has 0 aliphatic rings. The Balaban J connectivity index is 0.00000484. The molecule has 5 nitrogen and oxygen atoms in total. The summed E-state index contributed by atoms with van der Waals surface area (Å²) < 4.78 is 37.8. The third kappa shape index (κ3) is 5.70. The molecule has 0 bridgehead atoms. The number of hydrogen-bond acceptors (Lipinski definition) is 4. The number of rotatable bonds is 6. The summed E-state index contributed by atoms with van der Waals surface area (Å²) in [6.07, 6.45) is 2.19. The smallest absolute Gasteiger partial charge is 0.254 e. The van der Waals surface area contributed by atoms with Crippen LogP contribution in [0.15, 0.2) is 21.5 Å². The van der Waals surface area contributed by atoms with Gasteiger partial charge in [0.05, 0.1) is 5.56 Å². The van der Waals surface area contributed by atoms with Gasteiger partial charge in [-0.2, -0.15) is 0 Å². The average molecular weight is 432 g/mol. The van der Waals surface area contributed by atoms with E-state index in [-0.39, 0.29) is 24.5 Å². The van der Waals surface area contributed by atoms with Crippen LogP contribution in [-0.4, -0.2) is 32.7 Å². The molecule has 0 fully saturated rings. The van der Waals surface area contributed by atoms with Gasteiger partial charge in [0.15, 0.2) is 15.7 Å². The fourth-order valence-electron chi connectivity index (χ4n) is 1.85. The molecule has 0 atom stereocenters. The maximum Gasteiger partial charge on any atom is 0.254 e. The van der Waals surface area contributed by atoms with Crippen LogP contribution in [0, 0.1) is 5.82 Å². The van der Waals surface area contributed by atoms with Gasteiger partial charge < -0.3 is 11.1 Å². The van der Waals surface area contributed by atoms with Crippen LogP contribution in [0.5, 0.6) is 0 Å². The second kappa shape index (κ2) is 8.41. The van der Waals surface area contributed by atoms with Crippen LogP contribution in [0.25, 0.3) is 0 Å². The molecule has 23 heavy (non-hydrogen) atoms. The van der Waals surface area contributed by atoms with Gasteiger partial charge in [0, 0.05) is 22.8 Å². The lowest BCUT2D eigenvalue weighted by atomic mass is 9.94. The molecule has 0 saturated heterocycles. The second-order valence-corrected chi connectivity index (χ2v) is 8.19. The van der Waals surface area contributed by atoms with Gasteiger partial charge in [-0.15, -0.1) is 12.4 Å². The quantitative estimate of drug-likeness (QED) is 0.724. The average Bonchev–Trinajstić information content (AvgIpc) is 2.45. The van der Waals surface area contributed by atoms with E-state index < -0.39 is 32.0 Å². The zero-order valence-electron chi connectivity index (χ0n) is 13.2. The molecule has 1 aromatic rings. The molecule has 0 unspecified atom stereocenters. The van der Waals surface area contributed by atoms with Crippen molar-refractivity contribution in [3.63, 3.8) is 0 Å². The number of hydrogen-bond donors (Lipinski definition) is 2. The van der Waals surface area contributed by atoms with Crippen molar-refractivity contribution in [1.29, 1.82) is 0 Å². The third-order valence-electron chi connectivity index (χ3n) is 3.66. The largest absolute Gasteiger partial charge is 0.350 e. The fourth-order valence-corrected chi connectivity index (χ4v) is 3.24. The van der Waals surface area contributed by atoms with Crippen LogP contribution < -0.4 is 11.1 Å². The van der Waals surface area contributed by atoms with Gasteiger partial charge in [0.2, 0.25) is 0 Å². The molecule has 0 aromatic heterocycles. The Morgan fingerprint density at radius 3 is 2.30 bits per heavy atom. The molecule has 9 heteroatoms. The van der Waals surface area contributed by atoms with E-state index in [1.807, 2.05) is 13.8 Å². The number of halogens is 3. The van der Waals surface area contributed by atoms with Gasteiger partial charge in [-0.05, 0) is 25.0 Å². The van der Waals surface area contributed by atoms with E-state index in [9.17, 15) is 17.6 Å². The Morgan fingerprint density at radius 2 is 1.87 bits per heavy atom. The number of carbonyl (C=O) groups is 1. The Morgan fingerprint density at radius 1 is 1.35 bits per heavy atom. The predicted molar refractivity (Wildman–Crippen MR) is 94.3 cm³/mol. The van der Waals surface area contributed by atoms with Gasteiger partial charge >= 0.3 is 0 Å². The Kier molecular flexibility index (Phi) is 8.16. The lowest BCUT2D eigenvalue weighted by molar-refractivity contribution is 0.0937. The van der Waals surface area contributed by atoms with Crippen molar-refractivity contribution in [3.8, 4) is 0 Å². The summed E-state index contributed by atoms with van der Waals surface area (Å²) in [6.45, 7) is 3.98. The zero-order valence-corrected chi connectivity index (χ0v) is 16.4. The van der Waals surface area contributed by atoms with Crippen molar-refractivity contribution in [2.75, 3.05) is 12.8 Å². The lowest BCUT2D eigenvalue weighted by Gasteiger charge is -2.26. The van der Waals surface area contributed by atoms with Gasteiger partial charge in [-0.25, -0.2) is 12.8 Å². The Bertz CT molecular complexity index is 679. The van der Waals surface area contributed by atoms with Gasteiger partial charge in [-0.3, -0.25) is 4.79 Å². The first-order valence-electron chi connectivity index (χ1n) is 6.80. The van der Waals surface area contributed by atoms with Gasteiger partial charge in [0.1, 0.15) is 4.90 Å². The molecule has 1 aromatic carbocycles. The van der Waals surface area contributed by atoms with Crippen molar-refractivity contribution < 1.29 is 17.6 Å². The minimum Gasteiger partial charge on any atom is -0.350 e. The lowest BCUT2D eigenvalue weighted by Crippen LogP contribution is -2.49. The summed E-state index contributed by atoms with van der Waals surface area (Å²) in [5.74, 6) is -1.75. The van der Waals surface area contributed by atoms with E-state index in [0.717, 1.165) is 12.3 Å². The summed E-state index contributed by atoms with van der Waals surface area (Å²) in [4.78, 5) is 11.6. The Hall–Kier alpha value is -0.700. The number of benzene rings is 1. The van der Waals surface area contributed by atoms with Crippen LogP contribution in [0.2, 0.25) is 0 Å². The first kappa shape index (κ1) is 22.3. The van der Waals surface area contributed by atoms with E-state index in [4.69, 9.17) is 5.73 Å². The first-order valence-corrected chi connectivity index (χ1v) is 9.48. The topological polar surface area (TPSA) is 89.3 Å². The molecule has 0 spiro atoms. The molecule has 1 amide bonds. The van der Waals surface area contributed by atoms with Crippen LogP contribution >= 0.6 is 28.3 Å². The minimum absolute atomic E-state index is 0. The molecule has 3 N–H and O–H groups in total. The van der Waals surface area contributed by atoms with Crippen molar-refractivity contribution >= 4 is 44.1 Å². The van der Waals surface area contributed by atoms with Crippen LogP contribution in [0.1, 0.15) is 37.0 Å². The number of amides is 1. The molecular formula is C14H21BrClFN2O3S. The maximum absolute atomic E-state index is 14.3. The molecule has 0 radical (unpaired) electrons. The summed E-state index contributed by atoms with van der Waals surface area (Å²) in [5, 5.41) is 2.57. The van der Waals surface area contributed by atoms with Crippen molar-refractivity contribution in [3.05, 3.63) is 28.0 Å². The molecule has 0 aliphatic heterocycles. The van der Waals surface area contributed by atoms with Gasteiger partial charge in [-0.1, -0.05) is 29.8 Å². The fraction of sp³-hybridized carbons (Fsp3) is 0.500. The van der Waals surface area contributed by atoms with Crippen LogP contribution in [0.3, 0.4) is 0 Å². The zero-order chi connectivity index (χ0) is 17.1. The molecule has 1 rings (SSSR count). The van der Waals surface area contributed by atoms with E-state index in [2.05, 4.69) is 21.2 Å². The SMILES string of the molecule is CCC(N)(CC)CNC(=O)c1cc(Br)cc(S(C)(=O)=O)c1F.Cl. The maximum atomic E-state index is 14.3. The third-order valence-corrected chi connectivity index (χ3v) is 5.21. The molecule has 0 saturated carbocycles. The molecule has 132 valence electrons. The molecule has 0 aliphatic carbocycles. The molecular weight excluding hydrogens is 411 g/mol. The van der Waals surface area contributed by atoms with E-state index in [1.165, 1.54) is 6.07 Å². The van der Waals surface area contributed by atoms with Crippen LogP contribution in [0.4, 0.5) is 4.39 Å². The van der Waals surface area contributed by atoms with E-state index >= 15 is 0 Å². The van der Waals surface area contributed by atoms with Crippen molar-refractivity contribution in [2.24, 2.45) is 5.73 Å². The number of nitrogens with two attached hydrogens (primary N) is 1. The number of nitrogens with one attached hydrogen (secondary N) is 1. The molecule has 0 heterocycles. The standard InChI is InChI=1S/C14H20BrFN2O3S.ClH/c1-4-14(17,5-2)8-18-13(19)10-6-9(15)7-11(12(10)16)22(3,20)21;/h6-7H,4-5,8,17H2,1-3H3,(H,18,19);1H. The summed E-state index contributed by atoms with van der Waals surface area (Å²) >= 11 is 3.09. The predicted octanol–water partition coefficient (Wildman–Crippen LogP) is 2.66. The monoisotopic (exact) mass is 430 g/mol. The van der Waals surface area contributed by atoms with E-state index in [0.29, 0.717) is 17.3 Å². The van der Waals surface area contributed by atoms with Crippen LogP contribution in [-0.2, 0) is 9.84 Å². The Labute approximate surface area is 150 Å². The second-order valence-electron chi connectivity index (χ2n) is 5.29. The summed E-state index contributed by atoms with van der Waals surface area (Å²) in [5.41, 5.74) is 5.18. The highest BCUT2D eigenvalue weighted by molar-refractivity contribution is 9.10. The van der Waals surface area contributed by atoms with Crippen molar-refractivity contribution in [2.45, 2.75) is 37.1 Å². The van der Waals surface area contributed by atoms with Crippen molar-refractivity contribution in [1.82, 2.24) is 5.32 Å². The summed E-state index contributed by atoms with van der Waals surface area (Å²) in [7, 11) is -3.77. The highest BCUT2D eigenvalue weighted by atomic mass is 79.9. The highest BCUT2D eigenvalue weighted by Crippen LogP contribution is 2.24. The summed E-state index contributed by atoms with van der Waals surface area (Å²) in [6, 6.07) is 2.38.